The molecular weight excluding hydrogens is 144 g/mol. The fourth-order valence-electron chi connectivity index (χ4n) is 0.755. The summed E-state index contributed by atoms with van der Waals surface area (Å²) in [6, 6.07) is 3.42. The van der Waals surface area contributed by atoms with Gasteiger partial charge in [0, 0.05) is 11.8 Å². The maximum absolute atomic E-state index is 8.76. The molecular formula is C7H8N2O2. The molecule has 2 N–H and O–H groups in total. The highest BCUT2D eigenvalue weighted by Crippen LogP contribution is 2.01. The lowest BCUT2D eigenvalue weighted by atomic mass is 10.2. The highest BCUT2D eigenvalue weighted by molar-refractivity contribution is 5.78. The van der Waals surface area contributed by atoms with Crippen LogP contribution in [0.1, 0.15) is 11.3 Å². The topological polar surface area (TPSA) is 65.7 Å². The molecule has 0 aliphatic carbocycles. The second kappa shape index (κ2) is 3.68. The number of oxime groups is 1. The molecule has 0 bridgehead atoms. The van der Waals surface area contributed by atoms with Crippen molar-refractivity contribution >= 4 is 6.21 Å². The fraction of sp³-hybridized carbons (Fsp3) is 0.143. The normalized spacial score (nSPS) is 10.6. The lowest BCUT2D eigenvalue weighted by Crippen LogP contribution is -1.95. The first-order chi connectivity index (χ1) is 5.38. The number of pyridine rings is 1. The van der Waals surface area contributed by atoms with E-state index in [2.05, 4.69) is 10.1 Å². The highest BCUT2D eigenvalue weighted by Gasteiger charge is 1.97. The number of aliphatic hydroxyl groups excluding tert-OH is 1. The second-order valence-electron chi connectivity index (χ2n) is 1.95. The molecule has 1 heterocycles. The third-order valence-corrected chi connectivity index (χ3v) is 1.28. The van der Waals surface area contributed by atoms with Crippen molar-refractivity contribution in [2.24, 2.45) is 5.16 Å². The van der Waals surface area contributed by atoms with Gasteiger partial charge in [-0.1, -0.05) is 11.2 Å². The Labute approximate surface area is 63.8 Å². The summed E-state index contributed by atoms with van der Waals surface area (Å²) in [4.78, 5) is 3.87. The SMILES string of the molecule is OCc1cccnc1C=NO. The van der Waals surface area contributed by atoms with Crippen molar-refractivity contribution in [3.05, 3.63) is 29.6 Å². The van der Waals surface area contributed by atoms with Crippen molar-refractivity contribution in [1.29, 1.82) is 0 Å². The largest absolute Gasteiger partial charge is 0.411 e. The summed E-state index contributed by atoms with van der Waals surface area (Å²) in [6.07, 6.45) is 2.75. The Morgan fingerprint density at radius 3 is 3.09 bits per heavy atom. The van der Waals surface area contributed by atoms with E-state index in [9.17, 15) is 0 Å². The van der Waals surface area contributed by atoms with E-state index in [1.54, 1.807) is 18.3 Å². The van der Waals surface area contributed by atoms with Crippen molar-refractivity contribution in [3.8, 4) is 0 Å². The molecule has 0 aliphatic heterocycles. The van der Waals surface area contributed by atoms with Gasteiger partial charge in [0.2, 0.25) is 0 Å². The van der Waals surface area contributed by atoms with E-state index < -0.39 is 0 Å². The average molecular weight is 152 g/mol. The van der Waals surface area contributed by atoms with Crippen LogP contribution in [0.3, 0.4) is 0 Å². The van der Waals surface area contributed by atoms with Gasteiger partial charge in [-0.3, -0.25) is 4.98 Å². The van der Waals surface area contributed by atoms with Crippen LogP contribution < -0.4 is 0 Å². The Kier molecular flexibility index (Phi) is 2.57. The zero-order chi connectivity index (χ0) is 8.10. The zero-order valence-electron chi connectivity index (χ0n) is 5.81. The maximum atomic E-state index is 8.76. The third-order valence-electron chi connectivity index (χ3n) is 1.28. The van der Waals surface area contributed by atoms with Gasteiger partial charge in [-0.25, -0.2) is 0 Å². The van der Waals surface area contributed by atoms with Crippen LogP contribution in [0.5, 0.6) is 0 Å². The molecule has 0 saturated carbocycles. The number of hydrogen-bond donors (Lipinski definition) is 2. The van der Waals surface area contributed by atoms with Crippen LogP contribution in [0, 0.1) is 0 Å². The molecule has 4 heteroatoms. The summed E-state index contributed by atoms with van der Waals surface area (Å²) >= 11 is 0. The van der Waals surface area contributed by atoms with Gasteiger partial charge in [0.05, 0.1) is 18.5 Å². The Bertz CT molecular complexity index is 260. The monoisotopic (exact) mass is 152 g/mol. The molecule has 0 radical (unpaired) electrons. The van der Waals surface area contributed by atoms with Crippen LogP contribution in [0.4, 0.5) is 0 Å². The lowest BCUT2D eigenvalue weighted by molar-refractivity contribution is 0.281. The first kappa shape index (κ1) is 7.68. The molecule has 4 nitrogen and oxygen atoms in total. The molecule has 0 unspecified atom stereocenters. The Hall–Kier alpha value is -1.42. The van der Waals surface area contributed by atoms with E-state index in [-0.39, 0.29) is 6.61 Å². The van der Waals surface area contributed by atoms with Crippen LogP contribution in [-0.2, 0) is 6.61 Å². The van der Waals surface area contributed by atoms with E-state index in [4.69, 9.17) is 10.3 Å². The van der Waals surface area contributed by atoms with Crippen molar-refractivity contribution in [3.63, 3.8) is 0 Å². The van der Waals surface area contributed by atoms with Crippen molar-refractivity contribution in [1.82, 2.24) is 4.98 Å². The van der Waals surface area contributed by atoms with Crippen LogP contribution >= 0.6 is 0 Å². The average Bonchev–Trinajstić information content (AvgIpc) is 2.06. The molecule has 0 atom stereocenters. The van der Waals surface area contributed by atoms with Gasteiger partial charge in [-0.05, 0) is 6.07 Å². The second-order valence-corrected chi connectivity index (χ2v) is 1.95. The van der Waals surface area contributed by atoms with E-state index in [0.29, 0.717) is 11.3 Å². The Balaban J connectivity index is 3.02. The molecule has 58 valence electrons. The minimum atomic E-state index is -0.102. The predicted octanol–water partition coefficient (Wildman–Crippen LogP) is 0.382. The molecule has 1 aromatic rings. The van der Waals surface area contributed by atoms with Gasteiger partial charge in [0.1, 0.15) is 0 Å². The maximum Gasteiger partial charge on any atom is 0.0921 e. The van der Waals surface area contributed by atoms with E-state index in [0.717, 1.165) is 0 Å². The number of hydrogen-bond acceptors (Lipinski definition) is 4. The van der Waals surface area contributed by atoms with E-state index in [1.807, 2.05) is 0 Å². The van der Waals surface area contributed by atoms with Crippen molar-refractivity contribution in [2.45, 2.75) is 6.61 Å². The first-order valence-electron chi connectivity index (χ1n) is 3.10. The molecule has 0 fully saturated rings. The number of nitrogens with zero attached hydrogens (tertiary/aromatic N) is 2. The van der Waals surface area contributed by atoms with Gasteiger partial charge >= 0.3 is 0 Å². The third kappa shape index (κ3) is 1.75. The predicted molar refractivity (Wildman–Crippen MR) is 39.5 cm³/mol. The molecule has 1 rings (SSSR count). The van der Waals surface area contributed by atoms with Gasteiger partial charge in [0.25, 0.3) is 0 Å². The van der Waals surface area contributed by atoms with Crippen LogP contribution in [0.25, 0.3) is 0 Å². The Morgan fingerprint density at radius 2 is 2.45 bits per heavy atom. The van der Waals surface area contributed by atoms with E-state index in [1.165, 1.54) is 6.21 Å². The quantitative estimate of drug-likeness (QED) is 0.366. The summed E-state index contributed by atoms with van der Waals surface area (Å²) < 4.78 is 0. The number of aliphatic hydroxyl groups is 1. The molecule has 0 aliphatic rings. The number of rotatable bonds is 2. The molecule has 0 amide bonds. The van der Waals surface area contributed by atoms with Gasteiger partial charge < -0.3 is 10.3 Å². The van der Waals surface area contributed by atoms with Crippen molar-refractivity contribution < 1.29 is 10.3 Å². The summed E-state index contributed by atoms with van der Waals surface area (Å²) in [5, 5.41) is 19.8. The summed E-state index contributed by atoms with van der Waals surface area (Å²) in [5.41, 5.74) is 1.13. The van der Waals surface area contributed by atoms with Gasteiger partial charge in [0.15, 0.2) is 0 Å². The minimum Gasteiger partial charge on any atom is -0.411 e. The standard InChI is InChI=1S/C7H8N2O2/c10-5-6-2-1-3-8-7(6)4-9-11/h1-4,10-11H,5H2. The Morgan fingerprint density at radius 1 is 1.64 bits per heavy atom. The molecule has 0 spiro atoms. The van der Waals surface area contributed by atoms with Crippen LogP contribution in [-0.4, -0.2) is 21.5 Å². The minimum absolute atomic E-state index is 0.102. The summed E-state index contributed by atoms with van der Waals surface area (Å²) in [6.45, 7) is -0.102. The lowest BCUT2D eigenvalue weighted by Gasteiger charge is -1.97. The van der Waals surface area contributed by atoms with Gasteiger partial charge in [-0.15, -0.1) is 0 Å². The van der Waals surface area contributed by atoms with Crippen LogP contribution in [0.2, 0.25) is 0 Å². The van der Waals surface area contributed by atoms with E-state index >= 15 is 0 Å². The smallest absolute Gasteiger partial charge is 0.0921 e. The molecule has 0 aromatic carbocycles. The molecule has 1 aromatic heterocycles. The zero-order valence-corrected chi connectivity index (χ0v) is 5.81. The van der Waals surface area contributed by atoms with Crippen molar-refractivity contribution in [2.75, 3.05) is 0 Å². The molecule has 0 saturated heterocycles. The summed E-state index contributed by atoms with van der Waals surface area (Å²) in [7, 11) is 0. The number of aromatic nitrogens is 1. The van der Waals surface area contributed by atoms with Crippen LogP contribution in [0.15, 0.2) is 23.5 Å². The summed E-state index contributed by atoms with van der Waals surface area (Å²) in [5.74, 6) is 0. The fourth-order valence-corrected chi connectivity index (χ4v) is 0.755. The molecule has 11 heavy (non-hydrogen) atoms. The first-order valence-corrected chi connectivity index (χ1v) is 3.10. The van der Waals surface area contributed by atoms with Gasteiger partial charge in [-0.2, -0.15) is 0 Å². The highest BCUT2D eigenvalue weighted by atomic mass is 16.4.